The number of nitrogens with zero attached hydrogens (tertiary/aromatic N) is 2. The Balaban J connectivity index is 1.62. The first-order valence-corrected chi connectivity index (χ1v) is 7.68. The fraction of sp³-hybridized carbons (Fsp3) is 0.263. The molecule has 1 heterocycles. The molecule has 0 bridgehead atoms. The van der Waals surface area contributed by atoms with Gasteiger partial charge in [-0.2, -0.15) is 0 Å². The van der Waals surface area contributed by atoms with Crippen LogP contribution in [0.1, 0.15) is 18.9 Å². The minimum atomic E-state index is -0.266. The molecule has 0 saturated carbocycles. The van der Waals surface area contributed by atoms with Crippen molar-refractivity contribution in [2.24, 2.45) is 9.98 Å². The second-order valence-corrected chi connectivity index (χ2v) is 5.45. The Bertz CT molecular complexity index is 753. The molecule has 2 aromatic rings. The summed E-state index contributed by atoms with van der Waals surface area (Å²) in [5.74, 6) is 0. The molecule has 0 N–H and O–H groups in total. The number of rotatable bonds is 5. The molecule has 3 nitrogen and oxygen atoms in total. The average Bonchev–Trinajstić information content (AvgIpc) is 2.75. The number of aryl methyl sites for hydroxylation is 1. The summed E-state index contributed by atoms with van der Waals surface area (Å²) in [4.78, 5) is 9.01. The number of fused-ring (bicyclic) bond motifs is 1. The van der Waals surface area contributed by atoms with Crippen LogP contribution in [0.4, 0.5) is 0 Å². The van der Waals surface area contributed by atoms with Crippen LogP contribution in [-0.4, -0.2) is 12.3 Å². The van der Waals surface area contributed by atoms with Crippen LogP contribution in [0.15, 0.2) is 76.9 Å². The first-order valence-electron chi connectivity index (χ1n) is 7.68. The summed E-state index contributed by atoms with van der Waals surface area (Å²) in [6.07, 6.45) is 5.55. The molecule has 3 rings (SSSR count). The highest BCUT2D eigenvalue weighted by Gasteiger charge is 2.10. The second kappa shape index (κ2) is 7.14. The lowest BCUT2D eigenvalue weighted by atomic mass is 10.1. The molecule has 2 aromatic carbocycles. The Morgan fingerprint density at radius 2 is 1.73 bits per heavy atom. The van der Waals surface area contributed by atoms with Crippen LogP contribution < -0.4 is 10.7 Å². The van der Waals surface area contributed by atoms with Crippen LogP contribution in [0.25, 0.3) is 0 Å². The zero-order valence-corrected chi connectivity index (χ0v) is 12.7. The van der Waals surface area contributed by atoms with Crippen molar-refractivity contribution in [1.82, 2.24) is 0 Å². The van der Waals surface area contributed by atoms with Crippen molar-refractivity contribution < 1.29 is 4.74 Å². The molecule has 112 valence electrons. The summed E-state index contributed by atoms with van der Waals surface area (Å²) in [6.45, 7) is 2.10. The van der Waals surface area contributed by atoms with Gasteiger partial charge in [0.25, 0.3) is 0 Å². The van der Waals surface area contributed by atoms with E-state index < -0.39 is 0 Å². The number of para-hydroxylation sites is 2. The molecular weight excluding hydrogens is 272 g/mol. The SMILES string of the molecule is CC(CCc1ccccc1)OC1C=CN=c2ccccc2=N1. The molecule has 1 aliphatic heterocycles. The second-order valence-electron chi connectivity index (χ2n) is 5.45. The van der Waals surface area contributed by atoms with E-state index >= 15 is 0 Å². The van der Waals surface area contributed by atoms with Crippen molar-refractivity contribution in [2.45, 2.75) is 32.1 Å². The van der Waals surface area contributed by atoms with Crippen LogP contribution in [0.5, 0.6) is 0 Å². The van der Waals surface area contributed by atoms with Crippen LogP contribution in [0.3, 0.4) is 0 Å². The third-order valence-corrected chi connectivity index (χ3v) is 3.67. The maximum absolute atomic E-state index is 6.04. The van der Waals surface area contributed by atoms with E-state index in [2.05, 4.69) is 41.2 Å². The molecule has 1 aliphatic rings. The highest BCUT2D eigenvalue weighted by Crippen LogP contribution is 2.10. The van der Waals surface area contributed by atoms with E-state index in [4.69, 9.17) is 4.74 Å². The Morgan fingerprint density at radius 1 is 1.00 bits per heavy atom. The van der Waals surface area contributed by atoms with Gasteiger partial charge in [-0.25, -0.2) is 4.99 Å². The highest BCUT2D eigenvalue weighted by atomic mass is 16.5. The molecular formula is C19H20N2O. The Kier molecular flexibility index (Phi) is 4.76. The Morgan fingerprint density at radius 3 is 2.55 bits per heavy atom. The van der Waals surface area contributed by atoms with Gasteiger partial charge in [-0.05, 0) is 43.5 Å². The van der Waals surface area contributed by atoms with E-state index in [-0.39, 0.29) is 12.3 Å². The number of benzene rings is 2. The fourth-order valence-corrected chi connectivity index (χ4v) is 2.46. The van der Waals surface area contributed by atoms with Crippen molar-refractivity contribution in [2.75, 3.05) is 0 Å². The summed E-state index contributed by atoms with van der Waals surface area (Å²) in [5.41, 5.74) is 1.34. The van der Waals surface area contributed by atoms with Crippen molar-refractivity contribution in [1.29, 1.82) is 0 Å². The van der Waals surface area contributed by atoms with E-state index in [1.54, 1.807) is 6.20 Å². The van der Waals surface area contributed by atoms with Gasteiger partial charge in [0, 0.05) is 6.20 Å². The predicted octanol–water partition coefficient (Wildman–Crippen LogP) is 2.82. The van der Waals surface area contributed by atoms with Gasteiger partial charge in [0.1, 0.15) is 0 Å². The zero-order valence-electron chi connectivity index (χ0n) is 12.7. The lowest BCUT2D eigenvalue weighted by Gasteiger charge is -2.16. The molecule has 0 saturated heterocycles. The molecule has 3 heteroatoms. The third-order valence-electron chi connectivity index (χ3n) is 3.67. The summed E-state index contributed by atoms with van der Waals surface area (Å²) >= 11 is 0. The number of ether oxygens (including phenoxy) is 1. The van der Waals surface area contributed by atoms with Gasteiger partial charge in [-0.15, -0.1) is 0 Å². The molecule has 0 radical (unpaired) electrons. The van der Waals surface area contributed by atoms with Gasteiger partial charge in [0.2, 0.25) is 0 Å². The Labute approximate surface area is 130 Å². The summed E-state index contributed by atoms with van der Waals surface area (Å²) in [7, 11) is 0. The van der Waals surface area contributed by atoms with E-state index in [0.717, 1.165) is 23.6 Å². The quantitative estimate of drug-likeness (QED) is 0.834. The van der Waals surface area contributed by atoms with Gasteiger partial charge < -0.3 is 4.74 Å². The molecule has 0 aromatic heterocycles. The Hall–Kier alpha value is -2.26. The molecule has 2 unspecified atom stereocenters. The number of hydrogen-bond acceptors (Lipinski definition) is 3. The van der Waals surface area contributed by atoms with Crippen LogP contribution in [0, 0.1) is 0 Å². The monoisotopic (exact) mass is 292 g/mol. The molecule has 0 aliphatic carbocycles. The normalized spacial score (nSPS) is 17.8. The topological polar surface area (TPSA) is 34.0 Å². The van der Waals surface area contributed by atoms with Crippen molar-refractivity contribution >= 4 is 0 Å². The molecule has 0 fully saturated rings. The van der Waals surface area contributed by atoms with Gasteiger partial charge in [0.15, 0.2) is 6.23 Å². The van der Waals surface area contributed by atoms with Crippen LogP contribution >= 0.6 is 0 Å². The lowest BCUT2D eigenvalue weighted by molar-refractivity contribution is 0.0229. The standard InChI is InChI=1S/C19H20N2O/c1-15(11-12-16-7-3-2-4-8-16)22-19-13-14-20-17-9-5-6-10-18(17)21-19/h2-10,13-15,19H,11-12H2,1H3. The molecule has 0 amide bonds. The summed E-state index contributed by atoms with van der Waals surface area (Å²) in [6, 6.07) is 18.4. The van der Waals surface area contributed by atoms with E-state index in [9.17, 15) is 0 Å². The minimum absolute atomic E-state index is 0.142. The first-order chi connectivity index (χ1) is 10.8. The predicted molar refractivity (Wildman–Crippen MR) is 87.0 cm³/mol. The van der Waals surface area contributed by atoms with E-state index in [0.29, 0.717) is 0 Å². The van der Waals surface area contributed by atoms with Crippen molar-refractivity contribution in [3.05, 3.63) is 83.2 Å². The molecule has 0 spiro atoms. The summed E-state index contributed by atoms with van der Waals surface area (Å²) in [5, 5.41) is 1.77. The maximum atomic E-state index is 6.04. The van der Waals surface area contributed by atoms with E-state index in [1.807, 2.05) is 36.4 Å². The molecule has 2 atom stereocenters. The van der Waals surface area contributed by atoms with E-state index in [1.165, 1.54) is 5.56 Å². The maximum Gasteiger partial charge on any atom is 0.170 e. The highest BCUT2D eigenvalue weighted by molar-refractivity contribution is 5.14. The van der Waals surface area contributed by atoms with Gasteiger partial charge in [-0.3, -0.25) is 4.99 Å². The summed E-state index contributed by atoms with van der Waals surface area (Å²) < 4.78 is 6.04. The minimum Gasteiger partial charge on any atom is -0.350 e. The largest absolute Gasteiger partial charge is 0.350 e. The fourth-order valence-electron chi connectivity index (χ4n) is 2.46. The lowest BCUT2D eigenvalue weighted by Crippen LogP contribution is -2.27. The smallest absolute Gasteiger partial charge is 0.170 e. The molecule has 22 heavy (non-hydrogen) atoms. The van der Waals surface area contributed by atoms with Crippen molar-refractivity contribution in [3.63, 3.8) is 0 Å². The van der Waals surface area contributed by atoms with Gasteiger partial charge in [-0.1, -0.05) is 42.5 Å². The third kappa shape index (κ3) is 3.89. The number of hydrogen-bond donors (Lipinski definition) is 0. The van der Waals surface area contributed by atoms with Gasteiger partial charge in [0.05, 0.1) is 16.8 Å². The van der Waals surface area contributed by atoms with Crippen LogP contribution in [0.2, 0.25) is 0 Å². The first kappa shape index (κ1) is 14.7. The van der Waals surface area contributed by atoms with Gasteiger partial charge >= 0.3 is 0 Å². The van der Waals surface area contributed by atoms with Crippen molar-refractivity contribution in [3.8, 4) is 0 Å². The van der Waals surface area contributed by atoms with Crippen LogP contribution in [-0.2, 0) is 11.2 Å². The average molecular weight is 292 g/mol. The zero-order chi connectivity index (χ0) is 15.2.